The first kappa shape index (κ1) is 20.9. The quantitative estimate of drug-likeness (QED) is 0.639. The lowest BCUT2D eigenvalue weighted by Crippen LogP contribution is -2.50. The molecular weight excluding hydrogens is 419 g/mol. The fourth-order valence-corrected chi connectivity index (χ4v) is 4.95. The summed E-state index contributed by atoms with van der Waals surface area (Å²) in [4.78, 5) is 12.7. The molecule has 3 aromatic rings. The average Bonchev–Trinajstić information content (AvgIpc) is 2.78. The molecule has 1 amide bonds. The van der Waals surface area contributed by atoms with Crippen LogP contribution in [0.15, 0.2) is 78.9 Å². The maximum absolute atomic E-state index is 13.2. The maximum atomic E-state index is 13.2. The van der Waals surface area contributed by atoms with Crippen LogP contribution in [0.2, 0.25) is 0 Å². The molecule has 31 heavy (non-hydrogen) atoms. The first-order valence-electron chi connectivity index (χ1n) is 9.74. The van der Waals surface area contributed by atoms with Crippen LogP contribution in [-0.4, -0.2) is 27.0 Å². The van der Waals surface area contributed by atoms with Gasteiger partial charge in [0.2, 0.25) is 10.0 Å². The number of anilines is 1. The van der Waals surface area contributed by atoms with E-state index in [1.165, 1.54) is 16.4 Å². The minimum absolute atomic E-state index is 0.137. The van der Waals surface area contributed by atoms with Crippen molar-refractivity contribution in [3.63, 3.8) is 0 Å². The highest BCUT2D eigenvalue weighted by Gasteiger charge is 2.36. The number of halogens is 1. The highest BCUT2D eigenvalue weighted by atomic mass is 32.2. The zero-order valence-corrected chi connectivity index (χ0v) is 17.4. The molecule has 3 aromatic carbocycles. The summed E-state index contributed by atoms with van der Waals surface area (Å²) in [6.45, 7) is 0.0405. The Hall–Kier alpha value is -3.39. The molecule has 0 saturated heterocycles. The lowest BCUT2D eigenvalue weighted by Gasteiger charge is -2.34. The Balaban J connectivity index is 1.53. The van der Waals surface area contributed by atoms with E-state index in [4.69, 9.17) is 4.74 Å². The molecule has 1 aliphatic heterocycles. The molecule has 0 aliphatic carbocycles. The van der Waals surface area contributed by atoms with Crippen molar-refractivity contribution >= 4 is 21.6 Å². The normalized spacial score (nSPS) is 15.6. The van der Waals surface area contributed by atoms with Crippen molar-refractivity contribution in [3.05, 3.63) is 95.8 Å². The lowest BCUT2D eigenvalue weighted by atomic mass is 10.2. The fourth-order valence-electron chi connectivity index (χ4n) is 3.37. The van der Waals surface area contributed by atoms with E-state index >= 15 is 0 Å². The van der Waals surface area contributed by atoms with Gasteiger partial charge in [-0.1, -0.05) is 54.6 Å². The summed E-state index contributed by atoms with van der Waals surface area (Å²) < 4.78 is 46.5. The Labute approximate surface area is 180 Å². The zero-order chi connectivity index (χ0) is 21.8. The van der Waals surface area contributed by atoms with Gasteiger partial charge in [0.25, 0.3) is 5.91 Å². The van der Waals surface area contributed by atoms with Gasteiger partial charge < -0.3 is 10.1 Å². The molecule has 1 atom stereocenters. The monoisotopic (exact) mass is 440 g/mol. The molecule has 1 heterocycles. The average molecular weight is 440 g/mol. The molecule has 160 valence electrons. The van der Waals surface area contributed by atoms with Crippen LogP contribution in [-0.2, 0) is 27.1 Å². The smallest absolute Gasteiger partial charge is 0.263 e. The molecule has 0 fully saturated rings. The predicted molar refractivity (Wildman–Crippen MR) is 116 cm³/mol. The van der Waals surface area contributed by atoms with E-state index in [9.17, 15) is 17.6 Å². The molecule has 6 nitrogen and oxygen atoms in total. The SMILES string of the molecule is O=C(NCc1ccc(F)cc1)C1CN(S(=O)(=O)Cc2ccccc2)c2ccccc2O1. The van der Waals surface area contributed by atoms with E-state index < -0.39 is 22.0 Å². The first-order valence-corrected chi connectivity index (χ1v) is 11.4. The molecule has 0 spiro atoms. The van der Waals surface area contributed by atoms with Crippen molar-refractivity contribution in [3.8, 4) is 5.75 Å². The molecule has 0 aromatic heterocycles. The van der Waals surface area contributed by atoms with Gasteiger partial charge in [-0.3, -0.25) is 9.10 Å². The van der Waals surface area contributed by atoms with Gasteiger partial charge in [0, 0.05) is 6.54 Å². The van der Waals surface area contributed by atoms with E-state index in [2.05, 4.69) is 5.32 Å². The van der Waals surface area contributed by atoms with Crippen molar-refractivity contribution in [1.29, 1.82) is 0 Å². The summed E-state index contributed by atoms with van der Waals surface area (Å²) in [6.07, 6.45) is -1.01. The molecular formula is C23H21FN2O4S. The second-order valence-electron chi connectivity index (χ2n) is 7.19. The molecule has 0 saturated carbocycles. The van der Waals surface area contributed by atoms with Crippen molar-refractivity contribution in [2.75, 3.05) is 10.8 Å². The van der Waals surface area contributed by atoms with Gasteiger partial charge in [0.15, 0.2) is 6.10 Å². The molecule has 4 rings (SSSR count). The Bertz CT molecular complexity index is 1170. The lowest BCUT2D eigenvalue weighted by molar-refractivity contribution is -0.127. The van der Waals surface area contributed by atoms with E-state index in [0.717, 1.165) is 5.56 Å². The number of hydrogen-bond donors (Lipinski definition) is 1. The highest BCUT2D eigenvalue weighted by Crippen LogP contribution is 2.35. The third-order valence-electron chi connectivity index (χ3n) is 4.93. The molecule has 0 radical (unpaired) electrons. The number of rotatable bonds is 6. The number of nitrogens with zero attached hydrogens (tertiary/aromatic N) is 1. The highest BCUT2D eigenvalue weighted by molar-refractivity contribution is 7.92. The third kappa shape index (κ3) is 4.86. The number of carbonyl (C=O) groups excluding carboxylic acids is 1. The van der Waals surface area contributed by atoms with Crippen molar-refractivity contribution < 1.29 is 22.3 Å². The minimum atomic E-state index is -3.76. The van der Waals surface area contributed by atoms with E-state index in [-0.39, 0.29) is 24.7 Å². The second-order valence-corrected chi connectivity index (χ2v) is 9.08. The van der Waals surface area contributed by atoms with Crippen LogP contribution in [0.5, 0.6) is 5.75 Å². The van der Waals surface area contributed by atoms with Crippen molar-refractivity contribution in [2.24, 2.45) is 0 Å². The second kappa shape index (κ2) is 8.77. The predicted octanol–water partition coefficient (Wildman–Crippen LogP) is 3.24. The van der Waals surface area contributed by atoms with Gasteiger partial charge in [-0.25, -0.2) is 12.8 Å². The molecule has 8 heteroatoms. The van der Waals surface area contributed by atoms with Gasteiger partial charge in [-0.2, -0.15) is 0 Å². The number of nitrogens with one attached hydrogen (secondary N) is 1. The number of amides is 1. The number of fused-ring (bicyclic) bond motifs is 1. The van der Waals surface area contributed by atoms with Gasteiger partial charge in [-0.15, -0.1) is 0 Å². The van der Waals surface area contributed by atoms with Crippen LogP contribution in [0.3, 0.4) is 0 Å². The summed E-state index contributed by atoms with van der Waals surface area (Å²) in [7, 11) is -3.76. The third-order valence-corrected chi connectivity index (χ3v) is 6.65. The summed E-state index contributed by atoms with van der Waals surface area (Å²) in [6, 6.07) is 21.4. The Morgan fingerprint density at radius 1 is 0.968 bits per heavy atom. The van der Waals surface area contributed by atoms with Crippen LogP contribution >= 0.6 is 0 Å². The van der Waals surface area contributed by atoms with Crippen molar-refractivity contribution in [2.45, 2.75) is 18.4 Å². The summed E-state index contributed by atoms with van der Waals surface area (Å²) in [5.74, 6) is -0.667. The minimum Gasteiger partial charge on any atom is -0.476 e. The van der Waals surface area contributed by atoms with E-state index in [1.807, 2.05) is 6.07 Å². The van der Waals surface area contributed by atoms with Crippen LogP contribution < -0.4 is 14.4 Å². The Morgan fingerprint density at radius 2 is 1.65 bits per heavy atom. The van der Waals surface area contributed by atoms with Crippen LogP contribution in [0.4, 0.5) is 10.1 Å². The van der Waals surface area contributed by atoms with Crippen LogP contribution in [0.25, 0.3) is 0 Å². The molecule has 1 aliphatic rings. The first-order chi connectivity index (χ1) is 14.9. The molecule has 1 N–H and O–H groups in total. The number of para-hydroxylation sites is 2. The number of benzene rings is 3. The largest absolute Gasteiger partial charge is 0.476 e. The van der Waals surface area contributed by atoms with Crippen LogP contribution in [0.1, 0.15) is 11.1 Å². The Morgan fingerprint density at radius 3 is 2.39 bits per heavy atom. The van der Waals surface area contributed by atoms with Crippen LogP contribution in [0, 0.1) is 5.82 Å². The number of hydrogen-bond acceptors (Lipinski definition) is 4. The van der Waals surface area contributed by atoms with E-state index in [0.29, 0.717) is 17.0 Å². The summed E-state index contributed by atoms with van der Waals surface area (Å²) in [5.41, 5.74) is 1.78. The van der Waals surface area contributed by atoms with E-state index in [1.54, 1.807) is 60.7 Å². The number of carbonyl (C=O) groups is 1. The maximum Gasteiger partial charge on any atom is 0.263 e. The zero-order valence-electron chi connectivity index (χ0n) is 16.6. The topological polar surface area (TPSA) is 75.7 Å². The van der Waals surface area contributed by atoms with Gasteiger partial charge in [0.05, 0.1) is 18.0 Å². The molecule has 0 bridgehead atoms. The van der Waals surface area contributed by atoms with Gasteiger partial charge in [0.1, 0.15) is 11.6 Å². The molecule has 1 unspecified atom stereocenters. The summed E-state index contributed by atoms with van der Waals surface area (Å²) in [5, 5.41) is 2.73. The van der Waals surface area contributed by atoms with Crippen molar-refractivity contribution in [1.82, 2.24) is 5.32 Å². The summed E-state index contributed by atoms with van der Waals surface area (Å²) >= 11 is 0. The fraction of sp³-hybridized carbons (Fsp3) is 0.174. The van der Waals surface area contributed by atoms with Gasteiger partial charge >= 0.3 is 0 Å². The Kier molecular flexibility index (Phi) is 5.90. The number of ether oxygens (including phenoxy) is 1. The van der Waals surface area contributed by atoms with Gasteiger partial charge in [-0.05, 0) is 35.4 Å². The standard InChI is InChI=1S/C23H21FN2O4S/c24-19-12-10-17(11-13-19)14-25-23(27)22-15-26(20-8-4-5-9-21(20)30-22)31(28,29)16-18-6-2-1-3-7-18/h1-13,22H,14-16H2,(H,25,27). The number of sulfonamides is 1.